The molecule has 26 heavy (non-hydrogen) atoms. The van der Waals surface area contributed by atoms with Crippen LogP contribution in [-0.2, 0) is 4.79 Å². The quantitative estimate of drug-likeness (QED) is 0.322. The third-order valence-electron chi connectivity index (χ3n) is 3.53. The molecule has 3 rings (SSSR count). The number of nitrogens with zero attached hydrogens (tertiary/aromatic N) is 2. The van der Waals surface area contributed by atoms with Crippen molar-refractivity contribution < 1.29 is 14.3 Å². The van der Waals surface area contributed by atoms with Gasteiger partial charge in [0.2, 0.25) is 0 Å². The van der Waals surface area contributed by atoms with E-state index in [2.05, 4.69) is 10.5 Å². The van der Waals surface area contributed by atoms with E-state index in [0.29, 0.717) is 10.4 Å². The fourth-order valence-electron chi connectivity index (χ4n) is 2.30. The molecule has 2 aromatic carbocycles. The molecule has 0 radical (unpaired) electrons. The fraction of sp³-hybridized carbons (Fsp3) is 0.0500. The molecule has 0 aliphatic carbocycles. The number of amides is 1. The molecule has 1 aromatic heterocycles. The molecule has 0 bridgehead atoms. The van der Waals surface area contributed by atoms with Gasteiger partial charge in [-0.1, -0.05) is 60.7 Å². The van der Waals surface area contributed by atoms with E-state index in [-0.39, 0.29) is 12.5 Å². The minimum absolute atomic E-state index is 0.0537. The summed E-state index contributed by atoms with van der Waals surface area (Å²) in [6.07, 6.45) is 1.30. The van der Waals surface area contributed by atoms with E-state index in [4.69, 9.17) is 4.74 Å². The number of hydrogen-bond acceptors (Lipinski definition) is 4. The first-order chi connectivity index (χ1) is 12.7. The lowest BCUT2D eigenvalue weighted by molar-refractivity contribution is -0.612. The molecule has 0 aliphatic rings. The number of rotatable bonds is 6. The number of hydrogen-bond donors (Lipinski definition) is 1. The molecule has 3 aromatic rings. The van der Waals surface area contributed by atoms with Crippen molar-refractivity contribution in [3.05, 3.63) is 101 Å². The van der Waals surface area contributed by atoms with Crippen LogP contribution in [0.1, 0.15) is 11.1 Å². The number of benzene rings is 2. The van der Waals surface area contributed by atoms with Crippen LogP contribution in [0.3, 0.4) is 0 Å². The summed E-state index contributed by atoms with van der Waals surface area (Å²) in [6.45, 7) is -0.313. The van der Waals surface area contributed by atoms with E-state index in [1.165, 1.54) is 12.3 Å². The third kappa shape index (κ3) is 4.45. The molecule has 0 saturated carbocycles. The van der Waals surface area contributed by atoms with Crippen molar-refractivity contribution in [3.8, 4) is 5.88 Å². The van der Waals surface area contributed by atoms with Gasteiger partial charge in [-0.05, 0) is 6.07 Å². The molecule has 0 aliphatic heterocycles. The van der Waals surface area contributed by atoms with E-state index >= 15 is 0 Å². The minimum atomic E-state index is -0.460. The van der Waals surface area contributed by atoms with Crippen molar-refractivity contribution in [1.82, 2.24) is 5.43 Å². The number of carbonyl (C=O) groups is 1. The van der Waals surface area contributed by atoms with Gasteiger partial charge >= 0.3 is 5.88 Å². The van der Waals surface area contributed by atoms with Crippen LogP contribution in [-0.4, -0.2) is 18.2 Å². The molecular formula is C20H17N3O3. The fourth-order valence-corrected chi connectivity index (χ4v) is 2.30. The smallest absolute Gasteiger partial charge is 0.379 e. The molecule has 1 amide bonds. The third-order valence-corrected chi connectivity index (χ3v) is 3.53. The zero-order valence-corrected chi connectivity index (χ0v) is 13.9. The Labute approximate surface area is 151 Å². The van der Waals surface area contributed by atoms with Crippen LogP contribution >= 0.6 is 0 Å². The van der Waals surface area contributed by atoms with Crippen molar-refractivity contribution in [1.29, 1.82) is 0 Å². The molecule has 0 atom stereocenters. The van der Waals surface area contributed by atoms with Crippen LogP contribution in [0.4, 0.5) is 0 Å². The maximum absolute atomic E-state index is 12.0. The molecule has 1 N–H and O–H groups in total. The lowest BCUT2D eigenvalue weighted by Crippen LogP contribution is -2.32. The molecule has 6 heteroatoms. The minimum Gasteiger partial charge on any atom is -0.616 e. The summed E-state index contributed by atoms with van der Waals surface area (Å²) in [4.78, 5) is 12.0. The molecule has 130 valence electrons. The van der Waals surface area contributed by atoms with Crippen LogP contribution < -0.4 is 14.9 Å². The van der Waals surface area contributed by atoms with Gasteiger partial charge in [-0.3, -0.25) is 4.79 Å². The molecule has 0 spiro atoms. The van der Waals surface area contributed by atoms with E-state index in [9.17, 15) is 10.0 Å². The maximum Gasteiger partial charge on any atom is 0.379 e. The van der Waals surface area contributed by atoms with Crippen molar-refractivity contribution in [3.63, 3.8) is 0 Å². The van der Waals surface area contributed by atoms with Gasteiger partial charge in [-0.15, -0.1) is 4.73 Å². The van der Waals surface area contributed by atoms with Crippen molar-refractivity contribution in [2.75, 3.05) is 6.61 Å². The Morgan fingerprint density at radius 2 is 1.50 bits per heavy atom. The van der Waals surface area contributed by atoms with E-state index < -0.39 is 5.91 Å². The number of hydrazone groups is 1. The monoisotopic (exact) mass is 347 g/mol. The molecular weight excluding hydrogens is 330 g/mol. The first-order valence-electron chi connectivity index (χ1n) is 8.02. The summed E-state index contributed by atoms with van der Waals surface area (Å²) in [5.41, 5.74) is 4.87. The van der Waals surface area contributed by atoms with Gasteiger partial charge < -0.3 is 9.94 Å². The van der Waals surface area contributed by atoms with Gasteiger partial charge in [0, 0.05) is 17.2 Å². The van der Waals surface area contributed by atoms with Gasteiger partial charge in [-0.25, -0.2) is 5.43 Å². The van der Waals surface area contributed by atoms with Crippen molar-refractivity contribution >= 4 is 11.6 Å². The zero-order chi connectivity index (χ0) is 18.2. The summed E-state index contributed by atoms with van der Waals surface area (Å²) in [7, 11) is 0. The topological polar surface area (TPSA) is 77.6 Å². The second kappa shape index (κ2) is 8.43. The van der Waals surface area contributed by atoms with Gasteiger partial charge in [0.15, 0.2) is 12.8 Å². The van der Waals surface area contributed by atoms with Crippen LogP contribution in [0.15, 0.2) is 90.2 Å². The lowest BCUT2D eigenvalue weighted by Gasteiger charge is -2.08. The Balaban J connectivity index is 1.72. The highest BCUT2D eigenvalue weighted by molar-refractivity contribution is 6.13. The predicted octanol–water partition coefficient (Wildman–Crippen LogP) is 2.27. The van der Waals surface area contributed by atoms with Crippen LogP contribution in [0.2, 0.25) is 0 Å². The average molecular weight is 347 g/mol. The number of pyridine rings is 1. The summed E-state index contributed by atoms with van der Waals surface area (Å²) in [5.74, 6) is -0.406. The second-order valence-electron chi connectivity index (χ2n) is 5.38. The largest absolute Gasteiger partial charge is 0.616 e. The highest BCUT2D eigenvalue weighted by atomic mass is 16.6. The van der Waals surface area contributed by atoms with Crippen LogP contribution in [0.25, 0.3) is 0 Å². The van der Waals surface area contributed by atoms with E-state index in [1.54, 1.807) is 12.1 Å². The molecule has 0 unspecified atom stereocenters. The van der Waals surface area contributed by atoms with Gasteiger partial charge in [0.05, 0.1) is 11.8 Å². The highest BCUT2D eigenvalue weighted by Crippen LogP contribution is 2.10. The number of nitrogens with one attached hydrogen (secondary N) is 1. The summed E-state index contributed by atoms with van der Waals surface area (Å²) >= 11 is 0. The lowest BCUT2D eigenvalue weighted by atomic mass is 10.0. The summed E-state index contributed by atoms with van der Waals surface area (Å²) in [5, 5.41) is 15.8. The first-order valence-corrected chi connectivity index (χ1v) is 8.02. The molecule has 1 heterocycles. The first kappa shape index (κ1) is 17.2. The Morgan fingerprint density at radius 1 is 0.923 bits per heavy atom. The predicted molar refractivity (Wildman–Crippen MR) is 97.6 cm³/mol. The Morgan fingerprint density at radius 3 is 2.08 bits per heavy atom. The molecule has 6 nitrogen and oxygen atoms in total. The normalized spacial score (nSPS) is 10.0. The van der Waals surface area contributed by atoms with Crippen LogP contribution in [0, 0.1) is 5.21 Å². The highest BCUT2D eigenvalue weighted by Gasteiger charge is 2.10. The number of carbonyl (C=O) groups excluding carboxylic acids is 1. The van der Waals surface area contributed by atoms with Crippen molar-refractivity contribution in [2.24, 2.45) is 5.10 Å². The van der Waals surface area contributed by atoms with Crippen LogP contribution in [0.5, 0.6) is 5.88 Å². The Kier molecular flexibility index (Phi) is 5.57. The number of ether oxygens (including phenoxy) is 1. The zero-order valence-electron chi connectivity index (χ0n) is 13.9. The molecule has 0 fully saturated rings. The van der Waals surface area contributed by atoms with Gasteiger partial charge in [-0.2, -0.15) is 5.10 Å². The average Bonchev–Trinajstić information content (AvgIpc) is 2.69. The van der Waals surface area contributed by atoms with E-state index in [1.807, 2.05) is 60.7 Å². The maximum atomic E-state index is 12.0. The van der Waals surface area contributed by atoms with Gasteiger partial charge in [0.25, 0.3) is 5.91 Å². The van der Waals surface area contributed by atoms with Crippen molar-refractivity contribution in [2.45, 2.75) is 0 Å². The Hall–Kier alpha value is -3.67. The van der Waals surface area contributed by atoms with E-state index in [0.717, 1.165) is 11.1 Å². The number of aromatic nitrogens is 1. The summed E-state index contributed by atoms with van der Waals surface area (Å²) < 4.78 is 5.76. The van der Waals surface area contributed by atoms with Gasteiger partial charge in [0.1, 0.15) is 0 Å². The standard InChI is InChI=1S/C20H17N3O3/c24-18(15-26-19-13-7-8-14-23(19)25)21-22-20(16-9-3-1-4-10-16)17-11-5-2-6-12-17/h1-14H,15H2,(H,21,24). The Bertz CT molecular complexity index is 855. The summed E-state index contributed by atoms with van der Waals surface area (Å²) in [6, 6.07) is 23.8. The second-order valence-corrected chi connectivity index (χ2v) is 5.38. The molecule has 0 saturated heterocycles. The SMILES string of the molecule is O=C(COc1cccc[n+]1[O-])NN=C(c1ccccc1)c1ccccc1.